The molecule has 0 aliphatic rings. The van der Waals surface area contributed by atoms with Crippen LogP contribution in [0.25, 0.3) is 0 Å². The largest absolute Gasteiger partial charge is 0.478 e. The molecule has 0 aliphatic carbocycles. The van der Waals surface area contributed by atoms with Gasteiger partial charge in [0.05, 0.1) is 11.1 Å². The topological polar surface area (TPSA) is 124 Å². The van der Waals surface area contributed by atoms with Crippen molar-refractivity contribution in [2.75, 3.05) is 0 Å². The van der Waals surface area contributed by atoms with Gasteiger partial charge in [-0.2, -0.15) is 0 Å². The van der Waals surface area contributed by atoms with Crippen molar-refractivity contribution in [2.45, 2.75) is 0 Å². The molecular weight excluding hydrogens is 230 g/mol. The van der Waals surface area contributed by atoms with Gasteiger partial charge in [0.1, 0.15) is 0 Å². The van der Waals surface area contributed by atoms with Crippen LogP contribution in [0.5, 0.6) is 0 Å². The van der Waals surface area contributed by atoms with Crippen LogP contribution in [0, 0.1) is 0 Å². The van der Waals surface area contributed by atoms with Crippen LogP contribution in [0.4, 0.5) is 0 Å². The zero-order chi connectivity index (χ0) is 13.3. The molecule has 4 N–H and O–H groups in total. The lowest BCUT2D eigenvalue weighted by Crippen LogP contribution is -2.00. The van der Waals surface area contributed by atoms with E-state index in [4.69, 9.17) is 20.3 Å². The van der Waals surface area contributed by atoms with Crippen molar-refractivity contribution in [1.29, 1.82) is 0 Å². The van der Waals surface area contributed by atoms with Crippen LogP contribution in [-0.4, -0.2) is 47.6 Å². The minimum Gasteiger partial charge on any atom is -0.478 e. The summed E-state index contributed by atoms with van der Waals surface area (Å²) in [6.45, 7) is 0. The van der Waals surface area contributed by atoms with Gasteiger partial charge in [-0.1, -0.05) is 0 Å². The maximum Gasteiger partial charge on any atom is 0.469 e. The van der Waals surface area contributed by atoms with Crippen molar-refractivity contribution in [3.05, 3.63) is 35.4 Å². The van der Waals surface area contributed by atoms with E-state index >= 15 is 0 Å². The molecule has 0 heterocycles. The van der Waals surface area contributed by atoms with Gasteiger partial charge in [-0.3, -0.25) is 0 Å². The van der Waals surface area contributed by atoms with Crippen LogP contribution in [0.3, 0.4) is 0 Å². The summed E-state index contributed by atoms with van der Waals surface area (Å²) >= 11 is 0. The summed E-state index contributed by atoms with van der Waals surface area (Å²) < 4.78 is 3.69. The van der Waals surface area contributed by atoms with Crippen molar-refractivity contribution in [3.8, 4) is 0 Å². The van der Waals surface area contributed by atoms with E-state index in [1.807, 2.05) is 0 Å². The Morgan fingerprint density at radius 2 is 1.18 bits per heavy atom. The molecule has 88 valence electrons. The third-order valence-corrected chi connectivity index (χ3v) is 1.50. The average Bonchev–Trinajstić information content (AvgIpc) is 2.31. The first kappa shape index (κ1) is 15.2. The Bertz CT molecular complexity index is 330. The Balaban J connectivity index is 0.000000437. The second kappa shape index (κ2) is 8.34. The van der Waals surface area contributed by atoms with E-state index in [9.17, 15) is 9.59 Å². The summed E-state index contributed by atoms with van der Waals surface area (Å²) in [7, 11) is 0.750. The van der Waals surface area contributed by atoms with E-state index in [1.54, 1.807) is 0 Å². The zero-order valence-electron chi connectivity index (χ0n) is 8.48. The lowest BCUT2D eigenvalue weighted by atomic mass is 10.1. The van der Waals surface area contributed by atoms with Crippen LogP contribution in [0.2, 0.25) is 0 Å². The molecule has 0 amide bonds. The van der Waals surface area contributed by atoms with Gasteiger partial charge in [0, 0.05) is 0 Å². The molecule has 2 radical (unpaired) electrons. The smallest absolute Gasteiger partial charge is 0.469 e. The fourth-order valence-electron chi connectivity index (χ4n) is 0.783. The van der Waals surface area contributed by atoms with Crippen LogP contribution < -0.4 is 0 Å². The molecule has 1 aromatic carbocycles. The molecule has 0 spiro atoms. The second-order valence-corrected chi connectivity index (χ2v) is 2.53. The summed E-state index contributed by atoms with van der Waals surface area (Å²) in [5, 5.41) is 32.0. The summed E-state index contributed by atoms with van der Waals surface area (Å²) in [6, 6.07) is 5.02. The molecule has 0 saturated carbocycles. The standard InChI is InChI=1S/C8H6O4.B2H2O3/c9-7(10)5-1-2-6(4-3-5)8(11)12;3-1-5-2-4/h1-4H,(H,9,10)(H,11,12);3-4H. The van der Waals surface area contributed by atoms with Gasteiger partial charge < -0.3 is 24.8 Å². The molecule has 0 aromatic heterocycles. The van der Waals surface area contributed by atoms with Crippen LogP contribution in [0.1, 0.15) is 20.7 Å². The van der Waals surface area contributed by atoms with Crippen molar-refractivity contribution in [3.63, 3.8) is 0 Å². The Labute approximate surface area is 97.9 Å². The Hall–Kier alpha value is -1.83. The van der Waals surface area contributed by atoms with E-state index in [2.05, 4.69) is 4.57 Å². The van der Waals surface area contributed by atoms with Gasteiger partial charge in [0.15, 0.2) is 0 Å². The molecule has 0 aliphatic heterocycles. The molecular formula is C8H8B2O7. The zero-order valence-corrected chi connectivity index (χ0v) is 8.48. The number of benzene rings is 1. The van der Waals surface area contributed by atoms with Gasteiger partial charge >= 0.3 is 27.3 Å². The number of aromatic carboxylic acids is 2. The molecule has 0 unspecified atom stereocenters. The first-order valence-corrected chi connectivity index (χ1v) is 4.16. The minimum atomic E-state index is -1.06. The van der Waals surface area contributed by atoms with Gasteiger partial charge in [0.2, 0.25) is 0 Å². The average molecular weight is 238 g/mol. The fourth-order valence-corrected chi connectivity index (χ4v) is 0.783. The molecule has 9 heteroatoms. The Morgan fingerprint density at radius 1 is 0.882 bits per heavy atom. The molecule has 0 saturated heterocycles. The molecule has 0 fully saturated rings. The SMILES string of the molecule is O=C(O)c1ccc(C(=O)O)cc1.O[B]O[B]O. The predicted octanol–water partition coefficient (Wildman–Crippen LogP) is -0.861. The maximum absolute atomic E-state index is 10.3. The second-order valence-electron chi connectivity index (χ2n) is 2.53. The van der Waals surface area contributed by atoms with Crippen molar-refractivity contribution >= 4 is 27.3 Å². The highest BCUT2D eigenvalue weighted by molar-refractivity contribution is 6.32. The highest BCUT2D eigenvalue weighted by Crippen LogP contribution is 2.03. The number of carboxylic acids is 2. The number of hydrogen-bond donors (Lipinski definition) is 4. The molecule has 17 heavy (non-hydrogen) atoms. The van der Waals surface area contributed by atoms with E-state index in [-0.39, 0.29) is 11.1 Å². The van der Waals surface area contributed by atoms with Crippen molar-refractivity contribution < 1.29 is 34.4 Å². The number of carboxylic acid groups (broad SMARTS) is 2. The first-order valence-electron chi connectivity index (χ1n) is 4.16. The van der Waals surface area contributed by atoms with Gasteiger partial charge in [0.25, 0.3) is 0 Å². The first-order chi connectivity index (χ1) is 8.02. The number of carbonyl (C=O) groups is 2. The normalized spacial score (nSPS) is 8.59. The van der Waals surface area contributed by atoms with Crippen LogP contribution in [-0.2, 0) is 4.57 Å². The lowest BCUT2D eigenvalue weighted by Gasteiger charge is -1.94. The van der Waals surface area contributed by atoms with E-state index in [0.717, 1.165) is 0 Å². The van der Waals surface area contributed by atoms with E-state index < -0.39 is 11.9 Å². The molecule has 1 aromatic rings. The van der Waals surface area contributed by atoms with E-state index in [0.29, 0.717) is 15.4 Å². The van der Waals surface area contributed by atoms with Crippen LogP contribution in [0.15, 0.2) is 24.3 Å². The number of rotatable bonds is 4. The predicted molar refractivity (Wildman–Crippen MR) is 57.4 cm³/mol. The third kappa shape index (κ3) is 6.36. The summed E-state index contributed by atoms with van der Waals surface area (Å²) in [6.07, 6.45) is 0. The minimum absolute atomic E-state index is 0.0833. The highest BCUT2D eigenvalue weighted by Gasteiger charge is 2.04. The highest BCUT2D eigenvalue weighted by atomic mass is 16.5. The summed E-state index contributed by atoms with van der Waals surface area (Å²) in [5.74, 6) is -2.13. The quantitative estimate of drug-likeness (QED) is 0.502. The van der Waals surface area contributed by atoms with Gasteiger partial charge in [-0.05, 0) is 24.3 Å². The molecule has 0 bridgehead atoms. The fraction of sp³-hybridized carbons (Fsp3) is 0. The Kier molecular flexibility index (Phi) is 7.44. The van der Waals surface area contributed by atoms with E-state index in [1.165, 1.54) is 24.3 Å². The van der Waals surface area contributed by atoms with Gasteiger partial charge in [-0.25, -0.2) is 9.59 Å². The summed E-state index contributed by atoms with van der Waals surface area (Å²) in [4.78, 5) is 20.7. The molecule has 7 nitrogen and oxygen atoms in total. The number of hydrogen-bond acceptors (Lipinski definition) is 5. The van der Waals surface area contributed by atoms with Gasteiger partial charge in [-0.15, -0.1) is 0 Å². The van der Waals surface area contributed by atoms with Crippen molar-refractivity contribution in [1.82, 2.24) is 0 Å². The monoisotopic (exact) mass is 238 g/mol. The maximum atomic E-state index is 10.3. The summed E-state index contributed by atoms with van der Waals surface area (Å²) in [5.41, 5.74) is 0.167. The Morgan fingerprint density at radius 3 is 1.29 bits per heavy atom. The molecule has 1 rings (SSSR count). The van der Waals surface area contributed by atoms with Crippen LogP contribution >= 0.6 is 0 Å². The molecule has 0 atom stereocenters. The third-order valence-electron chi connectivity index (χ3n) is 1.50. The van der Waals surface area contributed by atoms with Crippen molar-refractivity contribution in [2.24, 2.45) is 0 Å². The lowest BCUT2D eigenvalue weighted by molar-refractivity contribution is 0.0681.